The number of pyridine rings is 1. The van der Waals surface area contributed by atoms with Crippen LogP contribution in [0.3, 0.4) is 0 Å². The lowest BCUT2D eigenvalue weighted by Crippen LogP contribution is -2.27. The van der Waals surface area contributed by atoms with Crippen LogP contribution in [0.2, 0.25) is 0 Å². The molecule has 0 aromatic carbocycles. The van der Waals surface area contributed by atoms with E-state index in [1.165, 1.54) is 22.2 Å². The lowest BCUT2D eigenvalue weighted by Gasteiger charge is -2.17. The van der Waals surface area contributed by atoms with Crippen LogP contribution in [-0.2, 0) is 30.7 Å². The minimum Gasteiger partial charge on any atom is -0.350 e. The van der Waals surface area contributed by atoms with E-state index in [-0.39, 0.29) is 17.2 Å². The zero-order chi connectivity index (χ0) is 20.4. The topological polar surface area (TPSA) is 76.9 Å². The van der Waals surface area contributed by atoms with E-state index in [1.807, 2.05) is 25.1 Å². The van der Waals surface area contributed by atoms with Crippen LogP contribution >= 0.6 is 23.1 Å². The molecule has 1 aliphatic rings. The van der Waals surface area contributed by atoms with Crippen LogP contribution in [-0.4, -0.2) is 26.2 Å². The summed E-state index contributed by atoms with van der Waals surface area (Å²) in [4.78, 5) is 36.5. The molecule has 4 rings (SSSR count). The highest BCUT2D eigenvalue weighted by Crippen LogP contribution is 2.36. The first-order chi connectivity index (χ1) is 14.1. The van der Waals surface area contributed by atoms with Gasteiger partial charge in [0.2, 0.25) is 5.91 Å². The molecule has 152 valence electrons. The van der Waals surface area contributed by atoms with Gasteiger partial charge in [-0.05, 0) is 49.8 Å². The summed E-state index contributed by atoms with van der Waals surface area (Å²) in [5.74, 6) is 0.768. The van der Waals surface area contributed by atoms with Gasteiger partial charge in [-0.2, -0.15) is 0 Å². The summed E-state index contributed by atoms with van der Waals surface area (Å²) in [6.07, 6.45) is 4.81. The largest absolute Gasteiger partial charge is 0.350 e. The Labute approximate surface area is 177 Å². The molecule has 0 spiro atoms. The zero-order valence-corrected chi connectivity index (χ0v) is 18.2. The van der Waals surface area contributed by atoms with Crippen LogP contribution in [0, 0.1) is 5.92 Å². The number of fused-ring (bicyclic) bond motifs is 3. The molecule has 8 heteroatoms. The van der Waals surface area contributed by atoms with Gasteiger partial charge < -0.3 is 5.32 Å². The quantitative estimate of drug-likeness (QED) is 0.481. The molecule has 1 atom stereocenters. The van der Waals surface area contributed by atoms with Gasteiger partial charge in [-0.1, -0.05) is 24.8 Å². The number of nitrogens with zero attached hydrogens (tertiary/aromatic N) is 3. The third-order valence-electron chi connectivity index (χ3n) is 5.22. The highest BCUT2D eigenvalue weighted by atomic mass is 32.2. The summed E-state index contributed by atoms with van der Waals surface area (Å²) < 4.78 is 1.70. The Hall–Kier alpha value is -2.19. The summed E-state index contributed by atoms with van der Waals surface area (Å²) in [5, 5.41) is 4.28. The molecule has 6 nitrogen and oxygen atoms in total. The molecule has 1 N–H and O–H groups in total. The fourth-order valence-corrected chi connectivity index (χ4v) is 5.98. The molecule has 29 heavy (non-hydrogen) atoms. The molecule has 1 unspecified atom stereocenters. The molecular formula is C21H24N4O2S2. The van der Waals surface area contributed by atoms with Crippen molar-refractivity contribution in [3.8, 4) is 0 Å². The van der Waals surface area contributed by atoms with E-state index in [4.69, 9.17) is 4.98 Å². The van der Waals surface area contributed by atoms with E-state index < -0.39 is 0 Å². The first-order valence-corrected chi connectivity index (χ1v) is 11.7. The van der Waals surface area contributed by atoms with Crippen LogP contribution in [0.1, 0.15) is 36.4 Å². The Morgan fingerprint density at radius 2 is 2.28 bits per heavy atom. The number of thioether (sulfide) groups is 1. The lowest BCUT2D eigenvalue weighted by atomic mass is 9.89. The van der Waals surface area contributed by atoms with Gasteiger partial charge in [0.25, 0.3) is 5.56 Å². The van der Waals surface area contributed by atoms with E-state index in [9.17, 15) is 9.59 Å². The minimum absolute atomic E-state index is 0.0287. The third-order valence-corrected chi connectivity index (χ3v) is 7.35. The SMILES string of the molecule is CCn1c(SCC(=O)NCc2ccccn2)nc2sc3c(c2c1=O)CCC(C)C3. The second-order valence-electron chi connectivity index (χ2n) is 7.36. The average Bonchev–Trinajstić information content (AvgIpc) is 3.09. The average molecular weight is 429 g/mol. The number of hydrogen-bond donors (Lipinski definition) is 1. The van der Waals surface area contributed by atoms with Crippen molar-refractivity contribution >= 4 is 39.2 Å². The van der Waals surface area contributed by atoms with E-state index in [0.717, 1.165) is 35.2 Å². The molecule has 0 aliphatic heterocycles. The van der Waals surface area contributed by atoms with Crippen molar-refractivity contribution in [2.75, 3.05) is 5.75 Å². The number of carbonyl (C=O) groups is 1. The highest BCUT2D eigenvalue weighted by Gasteiger charge is 2.24. The number of aromatic nitrogens is 3. The van der Waals surface area contributed by atoms with E-state index in [0.29, 0.717) is 24.2 Å². The van der Waals surface area contributed by atoms with Crippen LogP contribution < -0.4 is 10.9 Å². The second kappa shape index (κ2) is 8.67. The van der Waals surface area contributed by atoms with Crippen molar-refractivity contribution in [1.29, 1.82) is 0 Å². The molecule has 3 aromatic rings. The van der Waals surface area contributed by atoms with Crippen molar-refractivity contribution in [3.63, 3.8) is 0 Å². The van der Waals surface area contributed by atoms with E-state index >= 15 is 0 Å². The molecule has 1 aliphatic carbocycles. The Morgan fingerprint density at radius 3 is 3.03 bits per heavy atom. The molecule has 0 fully saturated rings. The van der Waals surface area contributed by atoms with Crippen molar-refractivity contribution in [1.82, 2.24) is 19.9 Å². The fraction of sp³-hybridized carbons (Fsp3) is 0.429. The maximum Gasteiger partial charge on any atom is 0.263 e. The number of aryl methyl sites for hydroxylation is 1. The number of amides is 1. The number of nitrogens with one attached hydrogen (secondary N) is 1. The Kier molecular flexibility index (Phi) is 6.01. The standard InChI is InChI=1S/C21H24N4O2S2/c1-3-25-20(27)18-15-8-7-13(2)10-16(15)29-19(18)24-21(25)28-12-17(26)23-11-14-6-4-5-9-22-14/h4-6,9,13H,3,7-8,10-12H2,1-2H3,(H,23,26). The summed E-state index contributed by atoms with van der Waals surface area (Å²) >= 11 is 2.96. The fourth-order valence-electron chi connectivity index (χ4n) is 3.67. The summed E-state index contributed by atoms with van der Waals surface area (Å²) in [6.45, 7) is 5.14. The maximum absolute atomic E-state index is 13.2. The van der Waals surface area contributed by atoms with Gasteiger partial charge in [0.05, 0.1) is 23.4 Å². The summed E-state index contributed by atoms with van der Waals surface area (Å²) in [6, 6.07) is 5.61. The molecule has 1 amide bonds. The molecule has 0 saturated carbocycles. The van der Waals surface area contributed by atoms with Gasteiger partial charge in [-0.25, -0.2) is 4.98 Å². The van der Waals surface area contributed by atoms with Crippen molar-refractivity contribution in [3.05, 3.63) is 50.9 Å². The molecule has 3 heterocycles. The Balaban J connectivity index is 1.52. The van der Waals surface area contributed by atoms with Crippen LogP contribution in [0.4, 0.5) is 0 Å². The number of rotatable bonds is 6. The molecular weight excluding hydrogens is 404 g/mol. The van der Waals surface area contributed by atoms with Gasteiger partial charge in [0.1, 0.15) is 4.83 Å². The second-order valence-corrected chi connectivity index (χ2v) is 9.39. The van der Waals surface area contributed by atoms with Gasteiger partial charge in [0.15, 0.2) is 5.16 Å². The molecule has 0 radical (unpaired) electrons. The van der Waals surface area contributed by atoms with Crippen LogP contribution in [0.15, 0.2) is 34.3 Å². The summed E-state index contributed by atoms with van der Waals surface area (Å²) in [5.41, 5.74) is 2.04. The number of hydrogen-bond acceptors (Lipinski definition) is 6. The predicted molar refractivity (Wildman–Crippen MR) is 118 cm³/mol. The van der Waals surface area contributed by atoms with Crippen LogP contribution in [0.5, 0.6) is 0 Å². The number of thiophene rings is 1. The minimum atomic E-state index is -0.100. The molecule has 0 saturated heterocycles. The smallest absolute Gasteiger partial charge is 0.263 e. The Morgan fingerprint density at radius 1 is 1.41 bits per heavy atom. The zero-order valence-electron chi connectivity index (χ0n) is 16.6. The van der Waals surface area contributed by atoms with E-state index in [1.54, 1.807) is 22.1 Å². The predicted octanol–water partition coefficient (Wildman–Crippen LogP) is 3.41. The monoisotopic (exact) mass is 428 g/mol. The van der Waals surface area contributed by atoms with Crippen LogP contribution in [0.25, 0.3) is 10.2 Å². The number of carbonyl (C=O) groups excluding carboxylic acids is 1. The van der Waals surface area contributed by atoms with Crippen molar-refractivity contribution in [2.24, 2.45) is 5.92 Å². The lowest BCUT2D eigenvalue weighted by molar-refractivity contribution is -0.118. The molecule has 3 aromatic heterocycles. The van der Waals surface area contributed by atoms with Crippen molar-refractivity contribution in [2.45, 2.75) is 51.4 Å². The summed E-state index contributed by atoms with van der Waals surface area (Å²) in [7, 11) is 0. The van der Waals surface area contributed by atoms with Gasteiger partial charge in [-0.3, -0.25) is 19.1 Å². The van der Waals surface area contributed by atoms with E-state index in [2.05, 4.69) is 17.2 Å². The van der Waals surface area contributed by atoms with Gasteiger partial charge >= 0.3 is 0 Å². The highest BCUT2D eigenvalue weighted by molar-refractivity contribution is 7.99. The van der Waals surface area contributed by atoms with Crippen molar-refractivity contribution < 1.29 is 4.79 Å². The van der Waals surface area contributed by atoms with Gasteiger partial charge in [0, 0.05) is 17.6 Å². The first-order valence-electron chi connectivity index (χ1n) is 9.91. The normalized spacial score (nSPS) is 16.0. The molecule has 0 bridgehead atoms. The maximum atomic E-state index is 13.2. The van der Waals surface area contributed by atoms with Gasteiger partial charge in [-0.15, -0.1) is 11.3 Å². The first kappa shape index (κ1) is 20.1. The Bertz CT molecular complexity index is 1090. The third kappa shape index (κ3) is 4.23.